The summed E-state index contributed by atoms with van der Waals surface area (Å²) >= 11 is 0. The van der Waals surface area contributed by atoms with Crippen molar-refractivity contribution in [2.45, 2.75) is 25.6 Å². The number of carbonyl (C=O) groups is 1. The van der Waals surface area contributed by atoms with E-state index in [0.717, 1.165) is 11.1 Å². The summed E-state index contributed by atoms with van der Waals surface area (Å²) < 4.78 is 23.9. The highest BCUT2D eigenvalue weighted by Gasteiger charge is 2.35. The highest BCUT2D eigenvalue weighted by molar-refractivity contribution is 7.91. The lowest BCUT2D eigenvalue weighted by molar-refractivity contribution is -0.134. The Hall–Kier alpha value is -3.07. The van der Waals surface area contributed by atoms with E-state index in [1.54, 1.807) is 4.90 Å². The monoisotopic (exact) mass is 411 g/mol. The van der Waals surface area contributed by atoms with Crippen molar-refractivity contribution in [3.8, 4) is 11.4 Å². The third-order valence-corrected chi connectivity index (χ3v) is 6.68. The van der Waals surface area contributed by atoms with Crippen molar-refractivity contribution in [3.05, 3.63) is 66.2 Å². The van der Waals surface area contributed by atoms with Crippen molar-refractivity contribution >= 4 is 15.7 Å². The van der Waals surface area contributed by atoms with Crippen LogP contribution in [0.1, 0.15) is 12.0 Å². The number of benzene rings is 2. The maximum absolute atomic E-state index is 13.1. The number of tetrazole rings is 1. The molecule has 1 fully saturated rings. The van der Waals surface area contributed by atoms with Crippen LogP contribution in [0.25, 0.3) is 11.4 Å². The summed E-state index contributed by atoms with van der Waals surface area (Å²) in [5.41, 5.74) is 1.76. The summed E-state index contributed by atoms with van der Waals surface area (Å²) in [6.07, 6.45) is 0.445. The zero-order valence-corrected chi connectivity index (χ0v) is 16.6. The fourth-order valence-corrected chi connectivity index (χ4v) is 5.18. The third kappa shape index (κ3) is 4.68. The summed E-state index contributed by atoms with van der Waals surface area (Å²) in [6, 6.07) is 18.6. The molecule has 1 aliphatic rings. The van der Waals surface area contributed by atoms with Gasteiger partial charge in [-0.05, 0) is 17.2 Å². The van der Waals surface area contributed by atoms with E-state index < -0.39 is 9.84 Å². The molecule has 2 aromatic carbocycles. The van der Waals surface area contributed by atoms with E-state index in [2.05, 4.69) is 15.4 Å². The summed E-state index contributed by atoms with van der Waals surface area (Å²) in [5.74, 6) is 0.311. The largest absolute Gasteiger partial charge is 0.333 e. The lowest BCUT2D eigenvalue weighted by Crippen LogP contribution is -2.42. The fourth-order valence-electron chi connectivity index (χ4n) is 3.45. The molecule has 9 heteroatoms. The Morgan fingerprint density at radius 1 is 1.07 bits per heavy atom. The van der Waals surface area contributed by atoms with Gasteiger partial charge in [0.25, 0.3) is 0 Å². The van der Waals surface area contributed by atoms with Crippen LogP contribution in [0, 0.1) is 0 Å². The molecule has 8 nitrogen and oxygen atoms in total. The Morgan fingerprint density at radius 3 is 2.41 bits per heavy atom. The number of hydrogen-bond donors (Lipinski definition) is 0. The summed E-state index contributed by atoms with van der Waals surface area (Å²) in [4.78, 5) is 15.9. The van der Waals surface area contributed by atoms with Crippen LogP contribution in [0.15, 0.2) is 60.7 Å². The molecule has 1 atom stereocenters. The second kappa shape index (κ2) is 8.12. The first-order valence-corrected chi connectivity index (χ1v) is 11.2. The minimum absolute atomic E-state index is 0.00831. The number of amides is 1. The molecule has 3 aromatic rings. The van der Waals surface area contributed by atoms with Gasteiger partial charge >= 0.3 is 0 Å². The smallest absolute Gasteiger partial charge is 0.246 e. The number of nitrogens with zero attached hydrogens (tertiary/aromatic N) is 5. The molecular formula is C20H21N5O3S. The van der Waals surface area contributed by atoms with Gasteiger partial charge in [0.05, 0.1) is 11.5 Å². The molecule has 0 N–H and O–H groups in total. The Labute approximate surface area is 169 Å². The van der Waals surface area contributed by atoms with Gasteiger partial charge < -0.3 is 4.90 Å². The highest BCUT2D eigenvalue weighted by atomic mass is 32.2. The summed E-state index contributed by atoms with van der Waals surface area (Å²) in [7, 11) is -3.12. The molecule has 4 rings (SSSR count). The van der Waals surface area contributed by atoms with Gasteiger partial charge in [0.15, 0.2) is 9.84 Å². The molecule has 29 heavy (non-hydrogen) atoms. The first-order valence-electron chi connectivity index (χ1n) is 9.37. The predicted octanol–water partition coefficient (Wildman–Crippen LogP) is 1.56. The van der Waals surface area contributed by atoms with Crippen LogP contribution in [0.5, 0.6) is 0 Å². The second-order valence-electron chi connectivity index (χ2n) is 7.07. The fraction of sp³-hybridized carbons (Fsp3) is 0.300. The molecule has 1 saturated heterocycles. The molecule has 150 valence electrons. The molecule has 0 aliphatic carbocycles. The van der Waals surface area contributed by atoms with Crippen molar-refractivity contribution in [2.75, 3.05) is 11.5 Å². The van der Waals surface area contributed by atoms with Gasteiger partial charge in [-0.15, -0.1) is 10.2 Å². The SMILES string of the molecule is O=C(Cn1nnc(-c2ccccc2)n1)N(Cc1ccccc1)[C@H]1CCS(=O)(=O)C1. The second-order valence-corrected chi connectivity index (χ2v) is 9.30. The van der Waals surface area contributed by atoms with Crippen LogP contribution in [0.3, 0.4) is 0 Å². The molecule has 0 bridgehead atoms. The first-order chi connectivity index (χ1) is 14.0. The van der Waals surface area contributed by atoms with E-state index in [-0.39, 0.29) is 30.0 Å². The lowest BCUT2D eigenvalue weighted by atomic mass is 10.1. The highest BCUT2D eigenvalue weighted by Crippen LogP contribution is 2.21. The van der Waals surface area contributed by atoms with Gasteiger partial charge in [-0.2, -0.15) is 4.80 Å². The maximum Gasteiger partial charge on any atom is 0.246 e. The van der Waals surface area contributed by atoms with Crippen molar-refractivity contribution in [1.82, 2.24) is 25.1 Å². The lowest BCUT2D eigenvalue weighted by Gasteiger charge is -2.28. The van der Waals surface area contributed by atoms with Crippen LogP contribution < -0.4 is 0 Å². The molecule has 0 unspecified atom stereocenters. The number of hydrogen-bond acceptors (Lipinski definition) is 6. The van der Waals surface area contributed by atoms with E-state index in [9.17, 15) is 13.2 Å². The van der Waals surface area contributed by atoms with Crippen LogP contribution in [0.2, 0.25) is 0 Å². The molecule has 1 aromatic heterocycles. The van der Waals surface area contributed by atoms with Gasteiger partial charge in [-0.1, -0.05) is 60.7 Å². The summed E-state index contributed by atoms with van der Waals surface area (Å²) in [5, 5.41) is 12.3. The first kappa shape index (κ1) is 19.3. The van der Waals surface area contributed by atoms with Crippen molar-refractivity contribution in [2.24, 2.45) is 0 Å². The van der Waals surface area contributed by atoms with Crippen molar-refractivity contribution in [1.29, 1.82) is 0 Å². The van der Waals surface area contributed by atoms with Gasteiger partial charge in [0, 0.05) is 18.2 Å². The Kier molecular flexibility index (Phi) is 5.39. The molecule has 1 amide bonds. The third-order valence-electron chi connectivity index (χ3n) is 4.93. The molecule has 0 spiro atoms. The normalized spacial score (nSPS) is 17.9. The van der Waals surface area contributed by atoms with Crippen molar-refractivity contribution in [3.63, 3.8) is 0 Å². The van der Waals surface area contributed by atoms with E-state index in [1.807, 2.05) is 60.7 Å². The minimum Gasteiger partial charge on any atom is -0.333 e. The maximum atomic E-state index is 13.1. The van der Waals surface area contributed by atoms with Gasteiger partial charge in [-0.25, -0.2) is 8.42 Å². The average molecular weight is 411 g/mol. The van der Waals surface area contributed by atoms with Crippen LogP contribution >= 0.6 is 0 Å². The summed E-state index contributed by atoms with van der Waals surface area (Å²) in [6.45, 7) is 0.253. The van der Waals surface area contributed by atoms with E-state index in [4.69, 9.17) is 0 Å². The van der Waals surface area contributed by atoms with E-state index in [1.165, 1.54) is 4.80 Å². The van der Waals surface area contributed by atoms with Gasteiger partial charge in [0.2, 0.25) is 11.7 Å². The Morgan fingerprint density at radius 2 is 1.76 bits per heavy atom. The minimum atomic E-state index is -3.12. The van der Waals surface area contributed by atoms with Crippen LogP contribution in [-0.2, 0) is 27.7 Å². The molecule has 0 radical (unpaired) electrons. The molecule has 1 aliphatic heterocycles. The molecular weight excluding hydrogens is 390 g/mol. The molecule has 0 saturated carbocycles. The Balaban J connectivity index is 1.53. The Bertz CT molecular complexity index is 1080. The quantitative estimate of drug-likeness (QED) is 0.610. The number of sulfone groups is 1. The zero-order chi connectivity index (χ0) is 20.3. The molecule has 2 heterocycles. The number of carbonyl (C=O) groups excluding carboxylic acids is 1. The number of rotatable bonds is 6. The van der Waals surface area contributed by atoms with Crippen LogP contribution in [0.4, 0.5) is 0 Å². The average Bonchev–Trinajstić information content (AvgIpc) is 3.33. The van der Waals surface area contributed by atoms with Crippen LogP contribution in [-0.4, -0.2) is 57.0 Å². The topological polar surface area (TPSA) is 98.1 Å². The van der Waals surface area contributed by atoms with E-state index >= 15 is 0 Å². The van der Waals surface area contributed by atoms with Crippen molar-refractivity contribution < 1.29 is 13.2 Å². The van der Waals surface area contributed by atoms with Gasteiger partial charge in [-0.3, -0.25) is 4.79 Å². The zero-order valence-electron chi connectivity index (χ0n) is 15.8. The predicted molar refractivity (Wildman–Crippen MR) is 107 cm³/mol. The number of aromatic nitrogens is 4. The standard InChI is InChI=1S/C20H21N5O3S/c26-19(14-25-22-20(21-23-25)17-9-5-2-6-10-17)24(13-16-7-3-1-4-8-16)18-11-12-29(27,28)15-18/h1-10,18H,11-15H2/t18-/m0/s1. The van der Waals surface area contributed by atoms with Gasteiger partial charge in [0.1, 0.15) is 6.54 Å². The van der Waals surface area contributed by atoms with E-state index in [0.29, 0.717) is 18.8 Å².